The van der Waals surface area contributed by atoms with E-state index in [9.17, 15) is 13.2 Å². The minimum Gasteiger partial charge on any atom is -0.302 e. The maximum atomic E-state index is 12.5. The molecule has 1 fully saturated rings. The Morgan fingerprint density at radius 3 is 2.06 bits per heavy atom. The molecule has 104 valence electrons. The molecule has 18 heavy (non-hydrogen) atoms. The number of likely N-dealkylation sites (tertiary alicyclic amines) is 1. The zero-order chi connectivity index (χ0) is 14.0. The summed E-state index contributed by atoms with van der Waals surface area (Å²) in [5.41, 5.74) is 0.213. The van der Waals surface area contributed by atoms with Crippen LogP contribution < -0.4 is 0 Å². The van der Waals surface area contributed by atoms with Gasteiger partial charge in [0.25, 0.3) is 0 Å². The Balaban J connectivity index is 2.47. The first kappa shape index (κ1) is 15.3. The van der Waals surface area contributed by atoms with Crippen molar-refractivity contribution >= 4 is 0 Å². The van der Waals surface area contributed by atoms with E-state index in [2.05, 4.69) is 20.8 Å². The maximum Gasteiger partial charge on any atom is 0.405 e. The summed E-state index contributed by atoms with van der Waals surface area (Å²) >= 11 is 0. The summed E-state index contributed by atoms with van der Waals surface area (Å²) in [7, 11) is 0. The Morgan fingerprint density at radius 1 is 1.22 bits per heavy atom. The first-order valence-corrected chi connectivity index (χ1v) is 6.33. The van der Waals surface area contributed by atoms with Crippen molar-refractivity contribution < 1.29 is 13.2 Å². The molecule has 2 nitrogen and oxygen atoms in total. The highest BCUT2D eigenvalue weighted by Gasteiger charge is 2.41. The van der Waals surface area contributed by atoms with Gasteiger partial charge in [-0.15, -0.1) is 0 Å². The highest BCUT2D eigenvalue weighted by molar-refractivity contribution is 4.92. The molecule has 1 rings (SSSR count). The Kier molecular flexibility index (Phi) is 4.66. The molecule has 1 unspecified atom stereocenters. The third-order valence-corrected chi connectivity index (χ3v) is 3.80. The molecule has 0 bridgehead atoms. The molecule has 0 aromatic heterocycles. The number of hydrogen-bond acceptors (Lipinski definition) is 2. The SMILES string of the molecule is CC(C)(C)C1CCN(CC(C#N)C(F)(F)F)CC1. The summed E-state index contributed by atoms with van der Waals surface area (Å²) < 4.78 is 37.5. The fraction of sp³-hybridized carbons (Fsp3) is 0.923. The van der Waals surface area contributed by atoms with Gasteiger partial charge >= 0.3 is 6.18 Å². The standard InChI is InChI=1S/C13H21F3N2/c1-12(2,3)10-4-6-18(7-5-10)9-11(8-17)13(14,15)16/h10-11H,4-7,9H2,1-3H3. The minimum atomic E-state index is -4.41. The molecular weight excluding hydrogens is 241 g/mol. The smallest absolute Gasteiger partial charge is 0.302 e. The number of piperidine rings is 1. The molecule has 0 aromatic rings. The summed E-state index contributed by atoms with van der Waals surface area (Å²) in [5.74, 6) is -1.30. The van der Waals surface area contributed by atoms with E-state index in [0.717, 1.165) is 12.8 Å². The van der Waals surface area contributed by atoms with E-state index in [1.165, 1.54) is 6.07 Å². The molecule has 0 saturated carbocycles. The highest BCUT2D eigenvalue weighted by Crippen LogP contribution is 2.35. The van der Waals surface area contributed by atoms with Crippen LogP contribution in [0.15, 0.2) is 0 Å². The summed E-state index contributed by atoms with van der Waals surface area (Å²) in [4.78, 5) is 1.77. The van der Waals surface area contributed by atoms with Gasteiger partial charge < -0.3 is 4.90 Å². The molecule has 5 heteroatoms. The number of nitrogens with zero attached hydrogens (tertiary/aromatic N) is 2. The molecule has 0 radical (unpaired) electrons. The predicted molar refractivity (Wildman–Crippen MR) is 63.8 cm³/mol. The van der Waals surface area contributed by atoms with E-state index >= 15 is 0 Å². The normalized spacial score (nSPS) is 21.6. The monoisotopic (exact) mass is 262 g/mol. The number of rotatable bonds is 2. The topological polar surface area (TPSA) is 27.0 Å². The lowest BCUT2D eigenvalue weighted by atomic mass is 9.75. The summed E-state index contributed by atoms with van der Waals surface area (Å²) in [6.07, 6.45) is -2.57. The first-order valence-electron chi connectivity index (χ1n) is 6.33. The zero-order valence-corrected chi connectivity index (χ0v) is 11.2. The van der Waals surface area contributed by atoms with Gasteiger partial charge in [-0.2, -0.15) is 18.4 Å². The van der Waals surface area contributed by atoms with Gasteiger partial charge in [-0.3, -0.25) is 0 Å². The van der Waals surface area contributed by atoms with Gasteiger partial charge in [0.1, 0.15) is 0 Å². The molecule has 1 aliphatic heterocycles. The number of nitriles is 1. The van der Waals surface area contributed by atoms with E-state index in [4.69, 9.17) is 5.26 Å². The third-order valence-electron chi connectivity index (χ3n) is 3.80. The fourth-order valence-electron chi connectivity index (χ4n) is 2.46. The van der Waals surface area contributed by atoms with Crippen LogP contribution in [0, 0.1) is 28.6 Å². The van der Waals surface area contributed by atoms with Gasteiger partial charge in [0, 0.05) is 6.54 Å². The Labute approximate surface area is 107 Å². The second-order valence-electron chi connectivity index (χ2n) is 6.16. The molecule has 0 spiro atoms. The van der Waals surface area contributed by atoms with Crippen LogP contribution in [0.25, 0.3) is 0 Å². The van der Waals surface area contributed by atoms with E-state index in [0.29, 0.717) is 19.0 Å². The predicted octanol–water partition coefficient (Wildman–Crippen LogP) is 3.45. The van der Waals surface area contributed by atoms with Crippen LogP contribution in [0.5, 0.6) is 0 Å². The molecule has 1 heterocycles. The van der Waals surface area contributed by atoms with Crippen LogP contribution in [0.3, 0.4) is 0 Å². The Bertz CT molecular complexity index is 304. The van der Waals surface area contributed by atoms with Gasteiger partial charge in [0.05, 0.1) is 6.07 Å². The molecule has 1 atom stereocenters. The summed E-state index contributed by atoms with van der Waals surface area (Å²) in [6, 6.07) is 1.36. The molecule has 0 N–H and O–H groups in total. The lowest BCUT2D eigenvalue weighted by Gasteiger charge is -2.39. The van der Waals surface area contributed by atoms with Crippen LogP contribution in [0.2, 0.25) is 0 Å². The van der Waals surface area contributed by atoms with Crippen molar-refractivity contribution in [3.8, 4) is 6.07 Å². The first-order chi connectivity index (χ1) is 8.14. The zero-order valence-electron chi connectivity index (χ0n) is 11.2. The molecular formula is C13H21F3N2. The van der Waals surface area contributed by atoms with Crippen LogP contribution in [-0.4, -0.2) is 30.7 Å². The van der Waals surface area contributed by atoms with Crippen LogP contribution in [0.1, 0.15) is 33.6 Å². The van der Waals surface area contributed by atoms with Crippen molar-refractivity contribution in [3.63, 3.8) is 0 Å². The molecule has 0 aliphatic carbocycles. The molecule has 0 aromatic carbocycles. The second-order valence-corrected chi connectivity index (χ2v) is 6.16. The van der Waals surface area contributed by atoms with Gasteiger partial charge in [0.15, 0.2) is 5.92 Å². The Hall–Kier alpha value is -0.760. The fourth-order valence-corrected chi connectivity index (χ4v) is 2.46. The largest absolute Gasteiger partial charge is 0.405 e. The average molecular weight is 262 g/mol. The van der Waals surface area contributed by atoms with Crippen molar-refractivity contribution in [1.29, 1.82) is 5.26 Å². The Morgan fingerprint density at radius 2 is 1.72 bits per heavy atom. The second kappa shape index (κ2) is 5.48. The molecule has 0 amide bonds. The number of alkyl halides is 3. The number of hydrogen-bond donors (Lipinski definition) is 0. The number of halogens is 3. The van der Waals surface area contributed by atoms with Crippen LogP contribution in [-0.2, 0) is 0 Å². The van der Waals surface area contributed by atoms with Crippen molar-refractivity contribution in [1.82, 2.24) is 4.90 Å². The van der Waals surface area contributed by atoms with Crippen molar-refractivity contribution in [3.05, 3.63) is 0 Å². The van der Waals surface area contributed by atoms with Crippen molar-refractivity contribution in [2.45, 2.75) is 39.8 Å². The molecule has 1 aliphatic rings. The average Bonchev–Trinajstić information content (AvgIpc) is 2.23. The van der Waals surface area contributed by atoms with E-state index in [1.54, 1.807) is 4.90 Å². The van der Waals surface area contributed by atoms with Crippen LogP contribution in [0.4, 0.5) is 13.2 Å². The van der Waals surface area contributed by atoms with Crippen LogP contribution >= 0.6 is 0 Å². The van der Waals surface area contributed by atoms with E-state index in [1.807, 2.05) is 0 Å². The van der Waals surface area contributed by atoms with Gasteiger partial charge in [-0.25, -0.2) is 0 Å². The van der Waals surface area contributed by atoms with E-state index < -0.39 is 12.1 Å². The summed E-state index contributed by atoms with van der Waals surface area (Å²) in [5, 5.41) is 8.58. The van der Waals surface area contributed by atoms with Gasteiger partial charge in [-0.05, 0) is 37.3 Å². The quantitative estimate of drug-likeness (QED) is 0.762. The lowest BCUT2D eigenvalue weighted by Crippen LogP contribution is -2.42. The minimum absolute atomic E-state index is 0.184. The van der Waals surface area contributed by atoms with Crippen molar-refractivity contribution in [2.24, 2.45) is 17.3 Å². The van der Waals surface area contributed by atoms with E-state index in [-0.39, 0.29) is 12.0 Å². The highest BCUT2D eigenvalue weighted by atomic mass is 19.4. The van der Waals surface area contributed by atoms with Gasteiger partial charge in [0.2, 0.25) is 0 Å². The maximum absolute atomic E-state index is 12.5. The summed E-state index contributed by atoms with van der Waals surface area (Å²) in [6.45, 7) is 7.65. The lowest BCUT2D eigenvalue weighted by molar-refractivity contribution is -0.164. The van der Waals surface area contributed by atoms with Gasteiger partial charge in [-0.1, -0.05) is 20.8 Å². The van der Waals surface area contributed by atoms with Crippen molar-refractivity contribution in [2.75, 3.05) is 19.6 Å². The molecule has 1 saturated heterocycles. The third kappa shape index (κ3) is 4.16.